The molecule has 0 saturated heterocycles. The average molecular weight is 567 g/mol. The first-order chi connectivity index (χ1) is 18.1. The Morgan fingerprint density at radius 2 is 0.950 bits per heavy atom. The highest BCUT2D eigenvalue weighted by Crippen LogP contribution is 2.28. The minimum atomic E-state index is -1.21. The zero-order valence-electron chi connectivity index (χ0n) is 25.1. The topological polar surface area (TPSA) is 203 Å². The van der Waals surface area contributed by atoms with Gasteiger partial charge in [0.25, 0.3) is 0 Å². The summed E-state index contributed by atoms with van der Waals surface area (Å²) < 4.78 is 21.0. The van der Waals surface area contributed by atoms with Crippen molar-refractivity contribution >= 4 is 23.9 Å². The number of carbonyl (C=O) groups is 4. The number of ether oxygens (including phenoxy) is 4. The van der Waals surface area contributed by atoms with Crippen molar-refractivity contribution in [1.82, 2.24) is 0 Å². The van der Waals surface area contributed by atoms with Gasteiger partial charge < -0.3 is 18.9 Å². The van der Waals surface area contributed by atoms with E-state index in [1.807, 2.05) is 0 Å². The van der Waals surface area contributed by atoms with E-state index in [1.165, 1.54) is 12.2 Å². The summed E-state index contributed by atoms with van der Waals surface area (Å²) in [4.78, 5) is 55.2. The molecule has 40 heavy (non-hydrogen) atoms. The van der Waals surface area contributed by atoms with Crippen molar-refractivity contribution in [2.75, 3.05) is 13.2 Å². The van der Waals surface area contributed by atoms with Crippen molar-refractivity contribution in [3.63, 3.8) is 0 Å². The maximum atomic E-state index is 12.6. The van der Waals surface area contributed by atoms with Crippen LogP contribution in [0.25, 0.3) is 20.9 Å². The van der Waals surface area contributed by atoms with E-state index in [0.29, 0.717) is 0 Å². The molecule has 0 rings (SSSR count). The van der Waals surface area contributed by atoms with Gasteiger partial charge in [-0.05, 0) is 105 Å². The third-order valence-corrected chi connectivity index (χ3v) is 5.04. The van der Waals surface area contributed by atoms with Crippen molar-refractivity contribution in [3.05, 3.63) is 33.0 Å². The maximum absolute atomic E-state index is 12.6. The summed E-state index contributed by atoms with van der Waals surface area (Å²) >= 11 is 0. The summed E-state index contributed by atoms with van der Waals surface area (Å²) in [6.45, 7) is 16.0. The molecule has 0 fully saturated rings. The van der Waals surface area contributed by atoms with Gasteiger partial charge in [-0.2, -0.15) is 0 Å². The molecule has 0 heterocycles. The van der Waals surface area contributed by atoms with Crippen LogP contribution >= 0.6 is 0 Å². The van der Waals surface area contributed by atoms with Crippen LogP contribution in [-0.4, -0.2) is 60.4 Å². The van der Waals surface area contributed by atoms with Gasteiger partial charge >= 0.3 is 23.9 Å². The standard InChI is InChI=1S/C26H42N6O8/c1-23(2,3)39-19(33)17(29-31-27)15-25(7,8)21(35)37-13-11-12-14-38-22(36)26(9,10)16-18(30-32-28)20(34)40-24(4,5)6/h11-12,17-18H,13-16H2,1-10H3/b12-11+. The van der Waals surface area contributed by atoms with Gasteiger partial charge in [0.15, 0.2) is 0 Å². The second-order valence-corrected chi connectivity index (χ2v) is 12.4. The molecule has 0 aromatic rings. The van der Waals surface area contributed by atoms with E-state index in [2.05, 4.69) is 20.1 Å². The minimum Gasteiger partial charge on any atom is -0.461 e. The van der Waals surface area contributed by atoms with Crippen LogP contribution in [0.5, 0.6) is 0 Å². The lowest BCUT2D eigenvalue weighted by molar-refractivity contribution is -0.161. The molecule has 2 unspecified atom stereocenters. The Balaban J connectivity index is 4.93. The fourth-order valence-electron chi connectivity index (χ4n) is 3.11. The molecule has 0 aliphatic carbocycles. The van der Waals surface area contributed by atoms with Crippen LogP contribution in [-0.2, 0) is 38.1 Å². The van der Waals surface area contributed by atoms with Gasteiger partial charge in [0.2, 0.25) is 0 Å². The lowest BCUT2D eigenvalue weighted by Gasteiger charge is -2.27. The number of carbonyl (C=O) groups excluding carboxylic acids is 4. The lowest BCUT2D eigenvalue weighted by Crippen LogP contribution is -2.37. The highest BCUT2D eigenvalue weighted by molar-refractivity contribution is 5.81. The van der Waals surface area contributed by atoms with E-state index in [4.69, 9.17) is 30.0 Å². The van der Waals surface area contributed by atoms with Crippen LogP contribution in [0.3, 0.4) is 0 Å². The first kappa shape index (κ1) is 36.2. The SMILES string of the molecule is CC(C)(C)OC(=O)C(CC(C)(C)C(=O)OC/C=C/COC(=O)C(C)(C)CC(N=[N+]=[N-])C(=O)OC(C)(C)C)N=[N+]=[N-]. The largest absolute Gasteiger partial charge is 0.461 e. The van der Waals surface area contributed by atoms with Gasteiger partial charge in [-0.1, -0.05) is 10.2 Å². The predicted octanol–water partition coefficient (Wildman–Crippen LogP) is 5.50. The van der Waals surface area contributed by atoms with Crippen LogP contribution < -0.4 is 0 Å². The molecule has 14 heteroatoms. The Labute approximate surface area is 235 Å². The van der Waals surface area contributed by atoms with Crippen LogP contribution in [0.4, 0.5) is 0 Å². The highest BCUT2D eigenvalue weighted by Gasteiger charge is 2.37. The molecule has 0 amide bonds. The van der Waals surface area contributed by atoms with Gasteiger partial charge in [-0.3, -0.25) is 19.2 Å². The molecule has 0 bridgehead atoms. The first-order valence-electron chi connectivity index (χ1n) is 12.7. The molecule has 224 valence electrons. The molecule has 14 nitrogen and oxygen atoms in total. The van der Waals surface area contributed by atoms with E-state index in [0.717, 1.165) is 0 Å². The van der Waals surface area contributed by atoms with E-state index in [-0.39, 0.29) is 26.1 Å². The summed E-state index contributed by atoms with van der Waals surface area (Å²) in [5.74, 6) is -2.76. The number of nitrogens with zero attached hydrogens (tertiary/aromatic N) is 6. The normalized spacial score (nSPS) is 13.8. The Hall–Kier alpha value is -3.76. The number of azide groups is 2. The predicted molar refractivity (Wildman–Crippen MR) is 145 cm³/mol. The van der Waals surface area contributed by atoms with Crippen LogP contribution in [0, 0.1) is 10.8 Å². The Morgan fingerprint density at radius 3 is 1.20 bits per heavy atom. The molecular weight excluding hydrogens is 524 g/mol. The Kier molecular flexibility index (Phi) is 13.7. The summed E-state index contributed by atoms with van der Waals surface area (Å²) in [7, 11) is 0. The summed E-state index contributed by atoms with van der Waals surface area (Å²) in [5.41, 5.74) is 13.7. The molecule has 0 saturated carbocycles. The zero-order chi connectivity index (χ0) is 31.4. The molecule has 2 atom stereocenters. The van der Waals surface area contributed by atoms with Gasteiger partial charge in [0.05, 0.1) is 10.8 Å². The van der Waals surface area contributed by atoms with Crippen molar-refractivity contribution in [3.8, 4) is 0 Å². The molecule has 0 aliphatic heterocycles. The smallest absolute Gasteiger partial charge is 0.315 e. The maximum Gasteiger partial charge on any atom is 0.315 e. The third-order valence-electron chi connectivity index (χ3n) is 5.04. The number of hydrogen-bond donors (Lipinski definition) is 0. The second-order valence-electron chi connectivity index (χ2n) is 12.4. The van der Waals surface area contributed by atoms with Crippen LogP contribution in [0.15, 0.2) is 22.4 Å². The fourth-order valence-corrected chi connectivity index (χ4v) is 3.11. The van der Waals surface area contributed by atoms with Crippen molar-refractivity contribution in [1.29, 1.82) is 0 Å². The zero-order valence-corrected chi connectivity index (χ0v) is 25.1. The van der Waals surface area contributed by atoms with Crippen molar-refractivity contribution < 1.29 is 38.1 Å². The Morgan fingerprint density at radius 1 is 0.650 bits per heavy atom. The molecule has 0 aromatic carbocycles. The fraction of sp³-hybridized carbons (Fsp3) is 0.769. The molecular formula is C26H42N6O8. The monoisotopic (exact) mass is 566 g/mol. The number of esters is 4. The molecule has 0 N–H and O–H groups in total. The third kappa shape index (κ3) is 14.4. The number of hydrogen-bond acceptors (Lipinski definition) is 10. The summed E-state index contributed by atoms with van der Waals surface area (Å²) in [5, 5.41) is 6.95. The summed E-state index contributed by atoms with van der Waals surface area (Å²) in [6.07, 6.45) is 2.69. The Bertz CT molecular complexity index is 960. The average Bonchev–Trinajstić information content (AvgIpc) is 2.77. The van der Waals surface area contributed by atoms with Crippen LogP contribution in [0.1, 0.15) is 82.1 Å². The highest BCUT2D eigenvalue weighted by atomic mass is 16.6. The second kappa shape index (κ2) is 15.1. The van der Waals surface area contributed by atoms with E-state index in [1.54, 1.807) is 69.2 Å². The quantitative estimate of drug-likeness (QED) is 0.0653. The first-order valence-corrected chi connectivity index (χ1v) is 12.7. The van der Waals surface area contributed by atoms with Gasteiger partial charge in [0, 0.05) is 9.82 Å². The van der Waals surface area contributed by atoms with Gasteiger partial charge in [-0.15, -0.1) is 0 Å². The van der Waals surface area contributed by atoms with Gasteiger partial charge in [-0.25, -0.2) is 0 Å². The van der Waals surface area contributed by atoms with Crippen molar-refractivity contribution in [2.45, 2.75) is 105 Å². The minimum absolute atomic E-state index is 0.124. The summed E-state index contributed by atoms with van der Waals surface area (Å²) in [6, 6.07) is -2.42. The van der Waals surface area contributed by atoms with E-state index in [9.17, 15) is 19.2 Å². The molecule has 0 spiro atoms. The lowest BCUT2D eigenvalue weighted by atomic mass is 9.86. The molecule has 0 aliphatic rings. The van der Waals surface area contributed by atoms with Gasteiger partial charge in [0.1, 0.15) is 36.5 Å². The van der Waals surface area contributed by atoms with Crippen LogP contribution in [0.2, 0.25) is 0 Å². The molecule has 0 aromatic heterocycles. The van der Waals surface area contributed by atoms with E-state index >= 15 is 0 Å². The van der Waals surface area contributed by atoms with Crippen molar-refractivity contribution in [2.24, 2.45) is 21.1 Å². The molecule has 0 radical (unpaired) electrons. The number of rotatable bonds is 14. The van der Waals surface area contributed by atoms with E-state index < -0.39 is 58.0 Å².